The Bertz CT molecular complexity index is 674. The fourth-order valence-corrected chi connectivity index (χ4v) is 2.60. The third-order valence-corrected chi connectivity index (χ3v) is 3.55. The van der Waals surface area contributed by atoms with Gasteiger partial charge in [-0.2, -0.15) is 0 Å². The molecule has 1 atom stereocenters. The number of carbonyl (C=O) groups is 1. The number of benzene rings is 2. The zero-order chi connectivity index (χ0) is 13.6. The number of hydrogen-bond donors (Lipinski definition) is 1. The molecule has 0 fully saturated rings. The average molecular weight is 254 g/mol. The van der Waals surface area contributed by atoms with Crippen molar-refractivity contribution in [3.05, 3.63) is 53.1 Å². The molecule has 1 aliphatic rings. The van der Waals surface area contributed by atoms with E-state index in [1.807, 2.05) is 38.1 Å². The molecule has 0 radical (unpaired) electrons. The van der Waals surface area contributed by atoms with E-state index < -0.39 is 5.97 Å². The second-order valence-corrected chi connectivity index (χ2v) is 4.82. The van der Waals surface area contributed by atoms with Gasteiger partial charge in [0.15, 0.2) is 0 Å². The van der Waals surface area contributed by atoms with Crippen molar-refractivity contribution in [1.29, 1.82) is 0 Å². The van der Waals surface area contributed by atoms with E-state index in [0.29, 0.717) is 5.56 Å². The van der Waals surface area contributed by atoms with Crippen molar-refractivity contribution in [2.24, 2.45) is 0 Å². The van der Waals surface area contributed by atoms with E-state index in [2.05, 4.69) is 0 Å². The fraction of sp³-hybridized carbons (Fsp3) is 0.188. The molecule has 1 unspecified atom stereocenters. The maximum absolute atomic E-state index is 11.1. The van der Waals surface area contributed by atoms with E-state index in [1.54, 1.807) is 12.1 Å². The van der Waals surface area contributed by atoms with Crippen LogP contribution in [-0.4, -0.2) is 11.1 Å². The Morgan fingerprint density at radius 3 is 2.79 bits per heavy atom. The van der Waals surface area contributed by atoms with Gasteiger partial charge in [0.2, 0.25) is 0 Å². The lowest BCUT2D eigenvalue weighted by Crippen LogP contribution is -2.12. The van der Waals surface area contributed by atoms with Crippen molar-refractivity contribution in [1.82, 2.24) is 0 Å². The van der Waals surface area contributed by atoms with Crippen LogP contribution < -0.4 is 4.74 Å². The van der Waals surface area contributed by atoms with Gasteiger partial charge >= 0.3 is 5.97 Å². The smallest absolute Gasteiger partial charge is 0.335 e. The van der Waals surface area contributed by atoms with Crippen LogP contribution in [0.3, 0.4) is 0 Å². The molecule has 1 N–H and O–H groups in total. The highest BCUT2D eigenvalue weighted by molar-refractivity contribution is 5.91. The van der Waals surface area contributed by atoms with Crippen molar-refractivity contribution in [3.8, 4) is 16.9 Å². The van der Waals surface area contributed by atoms with Gasteiger partial charge in [-0.1, -0.05) is 18.2 Å². The van der Waals surface area contributed by atoms with Crippen LogP contribution in [0.2, 0.25) is 0 Å². The summed E-state index contributed by atoms with van der Waals surface area (Å²) in [5, 5.41) is 9.14. The van der Waals surface area contributed by atoms with Crippen molar-refractivity contribution in [2.75, 3.05) is 0 Å². The number of ether oxygens (including phenoxy) is 1. The lowest BCUT2D eigenvalue weighted by Gasteiger charge is -2.27. The first-order valence-electron chi connectivity index (χ1n) is 6.22. The molecule has 0 aromatic heterocycles. The molecule has 1 aliphatic heterocycles. The molecule has 3 nitrogen and oxygen atoms in total. The Balaban J connectivity index is 2.30. The minimum atomic E-state index is -0.905. The zero-order valence-corrected chi connectivity index (χ0v) is 10.8. The molecule has 0 amide bonds. The zero-order valence-electron chi connectivity index (χ0n) is 10.8. The number of fused-ring (bicyclic) bond motifs is 3. The molecule has 0 saturated carbocycles. The second-order valence-electron chi connectivity index (χ2n) is 4.82. The van der Waals surface area contributed by atoms with Gasteiger partial charge in [0.05, 0.1) is 5.56 Å². The van der Waals surface area contributed by atoms with Crippen LogP contribution in [0.15, 0.2) is 36.4 Å². The first-order chi connectivity index (χ1) is 9.08. The number of aromatic carboxylic acids is 1. The summed E-state index contributed by atoms with van der Waals surface area (Å²) in [5.41, 5.74) is 4.40. The molecule has 0 spiro atoms. The van der Waals surface area contributed by atoms with Crippen LogP contribution in [0.4, 0.5) is 0 Å². The van der Waals surface area contributed by atoms with Crippen molar-refractivity contribution < 1.29 is 14.6 Å². The molecular weight excluding hydrogens is 240 g/mol. The first kappa shape index (κ1) is 11.8. The van der Waals surface area contributed by atoms with Gasteiger partial charge < -0.3 is 9.84 Å². The lowest BCUT2D eigenvalue weighted by atomic mass is 9.89. The van der Waals surface area contributed by atoms with Crippen LogP contribution in [0, 0.1) is 6.92 Å². The van der Waals surface area contributed by atoms with Gasteiger partial charge in [-0.25, -0.2) is 4.79 Å². The monoisotopic (exact) mass is 254 g/mol. The third kappa shape index (κ3) is 1.78. The van der Waals surface area contributed by atoms with Crippen LogP contribution in [-0.2, 0) is 0 Å². The Morgan fingerprint density at radius 2 is 2.05 bits per heavy atom. The van der Waals surface area contributed by atoms with E-state index in [0.717, 1.165) is 28.0 Å². The Morgan fingerprint density at radius 1 is 1.26 bits per heavy atom. The number of carboxylic acids is 1. The fourth-order valence-electron chi connectivity index (χ4n) is 2.60. The van der Waals surface area contributed by atoms with E-state index in [4.69, 9.17) is 9.84 Å². The summed E-state index contributed by atoms with van der Waals surface area (Å²) in [5.74, 6) is -0.0837. The number of carboxylic acid groups (broad SMARTS) is 1. The largest absolute Gasteiger partial charge is 0.485 e. The predicted molar refractivity (Wildman–Crippen MR) is 72.6 cm³/mol. The number of rotatable bonds is 1. The normalized spacial score (nSPS) is 16.2. The summed E-state index contributed by atoms with van der Waals surface area (Å²) in [6, 6.07) is 11.1. The number of aryl methyl sites for hydroxylation is 1. The van der Waals surface area contributed by atoms with E-state index >= 15 is 0 Å². The highest BCUT2D eigenvalue weighted by atomic mass is 16.5. The molecule has 96 valence electrons. The van der Waals surface area contributed by atoms with Crippen LogP contribution >= 0.6 is 0 Å². The first-order valence-corrected chi connectivity index (χ1v) is 6.22. The third-order valence-electron chi connectivity index (χ3n) is 3.55. The summed E-state index contributed by atoms with van der Waals surface area (Å²) in [7, 11) is 0. The molecule has 2 aromatic rings. The topological polar surface area (TPSA) is 46.5 Å². The maximum Gasteiger partial charge on any atom is 0.335 e. The maximum atomic E-state index is 11.1. The van der Waals surface area contributed by atoms with Crippen LogP contribution in [0.1, 0.15) is 34.5 Å². The summed E-state index contributed by atoms with van der Waals surface area (Å²) in [6.45, 7) is 3.99. The Labute approximate surface area is 111 Å². The summed E-state index contributed by atoms with van der Waals surface area (Å²) >= 11 is 0. The molecule has 1 heterocycles. The van der Waals surface area contributed by atoms with Gasteiger partial charge in [0.25, 0.3) is 0 Å². The minimum Gasteiger partial charge on any atom is -0.485 e. The molecular formula is C16H14O3. The molecule has 3 heteroatoms. The van der Waals surface area contributed by atoms with Crippen LogP contribution in [0.5, 0.6) is 5.75 Å². The molecule has 0 aliphatic carbocycles. The quantitative estimate of drug-likeness (QED) is 0.841. The summed E-state index contributed by atoms with van der Waals surface area (Å²) in [4.78, 5) is 11.1. The molecule has 0 saturated heterocycles. The van der Waals surface area contributed by atoms with Gasteiger partial charge in [-0.3, -0.25) is 0 Å². The minimum absolute atomic E-state index is 0.0628. The summed E-state index contributed by atoms with van der Waals surface area (Å²) < 4.78 is 5.89. The molecule has 3 rings (SSSR count). The molecule has 2 aromatic carbocycles. The van der Waals surface area contributed by atoms with Crippen molar-refractivity contribution in [2.45, 2.75) is 20.0 Å². The van der Waals surface area contributed by atoms with Gasteiger partial charge in [0.1, 0.15) is 11.9 Å². The average Bonchev–Trinajstić information content (AvgIpc) is 2.38. The highest BCUT2D eigenvalue weighted by Crippen LogP contribution is 2.44. The van der Waals surface area contributed by atoms with Crippen LogP contribution in [0.25, 0.3) is 11.1 Å². The van der Waals surface area contributed by atoms with E-state index in [-0.39, 0.29) is 6.10 Å². The summed E-state index contributed by atoms with van der Waals surface area (Å²) in [6.07, 6.45) is -0.0628. The van der Waals surface area contributed by atoms with E-state index in [9.17, 15) is 4.79 Å². The van der Waals surface area contributed by atoms with Gasteiger partial charge in [0, 0.05) is 11.1 Å². The number of hydrogen-bond acceptors (Lipinski definition) is 2. The van der Waals surface area contributed by atoms with Crippen molar-refractivity contribution >= 4 is 5.97 Å². The predicted octanol–water partition coefficient (Wildman–Crippen LogP) is 3.81. The highest BCUT2D eigenvalue weighted by Gasteiger charge is 2.24. The van der Waals surface area contributed by atoms with Gasteiger partial charge in [-0.05, 0) is 43.2 Å². The second kappa shape index (κ2) is 4.12. The standard InChI is InChI=1S/C16H14O3/c1-9-4-3-5-14-15(9)13-8-11(16(17)18)6-7-12(13)10(2)19-14/h3-8,10H,1-2H3,(H,17,18). The Hall–Kier alpha value is -2.29. The Kier molecular flexibility index (Phi) is 2.56. The van der Waals surface area contributed by atoms with Gasteiger partial charge in [-0.15, -0.1) is 0 Å². The molecule has 0 bridgehead atoms. The SMILES string of the molecule is Cc1cccc2c1-c1cc(C(=O)O)ccc1C(C)O2. The lowest BCUT2D eigenvalue weighted by molar-refractivity contribution is 0.0696. The van der Waals surface area contributed by atoms with E-state index in [1.165, 1.54) is 0 Å². The van der Waals surface area contributed by atoms with Crippen molar-refractivity contribution in [3.63, 3.8) is 0 Å². The molecule has 19 heavy (non-hydrogen) atoms.